The third kappa shape index (κ3) is 6.11. The van der Waals surface area contributed by atoms with Gasteiger partial charge in [-0.05, 0) is 35.6 Å². The van der Waals surface area contributed by atoms with Gasteiger partial charge >= 0.3 is 0 Å². The van der Waals surface area contributed by atoms with E-state index in [0.29, 0.717) is 0 Å². The van der Waals surface area contributed by atoms with Gasteiger partial charge in [-0.1, -0.05) is 164 Å². The van der Waals surface area contributed by atoms with E-state index in [9.17, 15) is 4.57 Å². The number of hydrogen-bond acceptors (Lipinski definition) is 3. The van der Waals surface area contributed by atoms with Crippen molar-refractivity contribution < 1.29 is 4.57 Å². The van der Waals surface area contributed by atoms with Crippen LogP contribution in [0.3, 0.4) is 0 Å². The lowest BCUT2D eigenvalue weighted by Gasteiger charge is -2.16. The Morgan fingerprint density at radius 1 is 0.326 bits per heavy atom. The predicted octanol–water partition coefficient (Wildman–Crippen LogP) is 10.7. The van der Waals surface area contributed by atoms with E-state index in [-0.39, 0.29) is 0 Å². The van der Waals surface area contributed by atoms with Crippen LogP contribution in [0.5, 0.6) is 0 Å². The summed E-state index contributed by atoms with van der Waals surface area (Å²) in [5.41, 5.74) is 12.0. The lowest BCUT2D eigenvalue weighted by Crippen LogP contribution is -2.01. The molecule has 0 aliphatic heterocycles. The van der Waals surface area contributed by atoms with E-state index >= 15 is 0 Å². The maximum atomic E-state index is 12.4. The van der Waals surface area contributed by atoms with Gasteiger partial charge in [0.05, 0.1) is 22.8 Å². The highest BCUT2D eigenvalue weighted by atomic mass is 31.2. The summed E-state index contributed by atoms with van der Waals surface area (Å²) in [7, 11) is -2.27. The lowest BCUT2D eigenvalue weighted by molar-refractivity contribution is 0.588. The van der Waals surface area contributed by atoms with Crippen molar-refractivity contribution in [3.05, 3.63) is 164 Å². The predicted molar refractivity (Wildman–Crippen MR) is 194 cm³/mol. The zero-order chi connectivity index (χ0) is 31.5. The fourth-order valence-electron chi connectivity index (χ4n) is 5.72. The summed E-state index contributed by atoms with van der Waals surface area (Å²) >= 11 is 0. The van der Waals surface area contributed by atoms with Crippen molar-refractivity contribution in [2.24, 2.45) is 0 Å². The van der Waals surface area contributed by atoms with Crippen LogP contribution in [0, 0.1) is 0 Å². The molecule has 7 rings (SSSR count). The minimum absolute atomic E-state index is 0.846. The van der Waals surface area contributed by atoms with Crippen LogP contribution < -0.4 is 5.30 Å². The monoisotopic (exact) mass is 612 g/mol. The van der Waals surface area contributed by atoms with Crippen LogP contribution >= 0.6 is 7.14 Å². The van der Waals surface area contributed by atoms with Crippen LogP contribution in [0.15, 0.2) is 164 Å². The molecule has 4 heteroatoms. The van der Waals surface area contributed by atoms with Gasteiger partial charge in [0.15, 0.2) is 0 Å². The molecule has 0 atom stereocenters. The molecule has 0 unspecified atom stereocenters. The van der Waals surface area contributed by atoms with Crippen LogP contribution in [0.25, 0.3) is 67.3 Å². The van der Waals surface area contributed by atoms with Gasteiger partial charge < -0.3 is 4.57 Å². The molecule has 1 heterocycles. The Morgan fingerprint density at radius 3 is 0.848 bits per heavy atom. The molecule has 1 aromatic heterocycles. The molecule has 0 fully saturated rings. The second-order valence-corrected chi connectivity index (χ2v) is 15.0. The smallest absolute Gasteiger partial charge is 0.109 e. The normalized spacial score (nSPS) is 11.3. The van der Waals surface area contributed by atoms with Crippen molar-refractivity contribution in [3.8, 4) is 67.3 Å². The molecule has 0 aliphatic carbocycles. The minimum Gasteiger partial charge on any atom is -0.319 e. The van der Waals surface area contributed by atoms with Crippen molar-refractivity contribution >= 4 is 12.4 Å². The summed E-state index contributed by atoms with van der Waals surface area (Å²) in [6.45, 7) is 3.61. The molecule has 6 aromatic carbocycles. The Bertz CT molecular complexity index is 2140. The average molecular weight is 613 g/mol. The second-order valence-electron chi connectivity index (χ2n) is 11.8. The first-order valence-corrected chi connectivity index (χ1v) is 18.0. The highest BCUT2D eigenvalue weighted by Crippen LogP contribution is 2.38. The maximum absolute atomic E-state index is 12.4. The molecule has 0 spiro atoms. The fraction of sp³-hybridized carbons (Fsp3) is 0.0476. The topological polar surface area (TPSA) is 42.9 Å². The third-order valence-corrected chi connectivity index (χ3v) is 9.78. The van der Waals surface area contributed by atoms with E-state index in [1.165, 1.54) is 0 Å². The summed E-state index contributed by atoms with van der Waals surface area (Å²) in [5.74, 6) is 0. The van der Waals surface area contributed by atoms with Gasteiger partial charge in [-0.15, -0.1) is 0 Å². The van der Waals surface area contributed by atoms with Crippen molar-refractivity contribution in [1.29, 1.82) is 0 Å². The molecule has 0 saturated heterocycles. The Balaban J connectivity index is 1.28. The number of benzene rings is 6. The van der Waals surface area contributed by atoms with Crippen LogP contribution in [0.1, 0.15) is 0 Å². The largest absolute Gasteiger partial charge is 0.319 e. The first kappa shape index (κ1) is 29.3. The Morgan fingerprint density at radius 2 is 0.565 bits per heavy atom. The van der Waals surface area contributed by atoms with Crippen molar-refractivity contribution in [2.75, 3.05) is 13.3 Å². The SMILES string of the molecule is CP(C)(=O)c1ccc(-c2ccc(-c3ccc(-c4nc(-c5ccccc5)c(-c5ccccc5)nc4-c4ccccc4)cc3)cc2)cc1. The lowest BCUT2D eigenvalue weighted by atomic mass is 9.97. The highest BCUT2D eigenvalue weighted by molar-refractivity contribution is 7.70. The molecule has 0 amide bonds. The molecule has 0 N–H and O–H groups in total. The maximum Gasteiger partial charge on any atom is 0.109 e. The Hall–Kier alpha value is -5.37. The Kier molecular flexibility index (Phi) is 8.01. The summed E-state index contributed by atoms with van der Waals surface area (Å²) in [4.78, 5) is 10.7. The standard InChI is InChI=1S/C42H33N2OP/c1-46(2,45)38-28-26-33(27-29-38)31-20-18-30(19-21-31)32-22-24-37(25-23-32)42-41(36-16-10-5-11-17-36)43-39(34-12-6-3-7-13-34)40(44-42)35-14-8-4-9-15-35/h3-29H,1-2H3. The molecule has 0 aliphatic rings. The van der Waals surface area contributed by atoms with Crippen LogP contribution in [0.2, 0.25) is 0 Å². The van der Waals surface area contributed by atoms with Gasteiger partial charge in [0.2, 0.25) is 0 Å². The molecular weight excluding hydrogens is 579 g/mol. The van der Waals surface area contributed by atoms with Crippen LogP contribution in [-0.4, -0.2) is 23.3 Å². The van der Waals surface area contributed by atoms with Gasteiger partial charge in [0.1, 0.15) is 7.14 Å². The van der Waals surface area contributed by atoms with Gasteiger partial charge in [-0.2, -0.15) is 0 Å². The van der Waals surface area contributed by atoms with Crippen LogP contribution in [0.4, 0.5) is 0 Å². The van der Waals surface area contributed by atoms with E-state index in [4.69, 9.17) is 9.97 Å². The van der Waals surface area contributed by atoms with E-state index in [0.717, 1.165) is 72.6 Å². The molecular formula is C42H33N2OP. The van der Waals surface area contributed by atoms with Crippen molar-refractivity contribution in [3.63, 3.8) is 0 Å². The highest BCUT2D eigenvalue weighted by Gasteiger charge is 2.19. The van der Waals surface area contributed by atoms with Gasteiger partial charge in [-0.3, -0.25) is 0 Å². The Labute approximate surface area is 270 Å². The number of hydrogen-bond donors (Lipinski definition) is 0. The summed E-state index contributed by atoms with van der Waals surface area (Å²) in [6, 6.07) is 56.1. The molecule has 0 bridgehead atoms. The van der Waals surface area contributed by atoms with E-state index in [2.05, 4.69) is 97.1 Å². The fourth-order valence-corrected chi connectivity index (χ4v) is 6.58. The van der Waals surface area contributed by atoms with Gasteiger partial charge in [0, 0.05) is 27.6 Å². The summed E-state index contributed by atoms with van der Waals surface area (Å²) in [5, 5.41) is 0.902. The summed E-state index contributed by atoms with van der Waals surface area (Å²) in [6.07, 6.45) is 0. The first-order chi connectivity index (χ1) is 22.4. The van der Waals surface area contributed by atoms with Crippen molar-refractivity contribution in [2.45, 2.75) is 0 Å². The molecule has 0 saturated carbocycles. The van der Waals surface area contributed by atoms with Crippen molar-refractivity contribution in [1.82, 2.24) is 9.97 Å². The molecule has 0 radical (unpaired) electrons. The van der Waals surface area contributed by atoms with E-state index in [1.807, 2.05) is 66.7 Å². The second kappa shape index (κ2) is 12.6. The average Bonchev–Trinajstić information content (AvgIpc) is 3.12. The summed E-state index contributed by atoms with van der Waals surface area (Å²) < 4.78 is 12.4. The molecule has 3 nitrogen and oxygen atoms in total. The van der Waals surface area contributed by atoms with E-state index in [1.54, 1.807) is 13.3 Å². The number of aromatic nitrogens is 2. The molecule has 222 valence electrons. The van der Waals surface area contributed by atoms with Gasteiger partial charge in [-0.25, -0.2) is 9.97 Å². The number of nitrogens with zero attached hydrogens (tertiary/aromatic N) is 2. The first-order valence-electron chi connectivity index (χ1n) is 15.4. The van der Waals surface area contributed by atoms with Crippen LogP contribution in [-0.2, 0) is 4.57 Å². The van der Waals surface area contributed by atoms with E-state index < -0.39 is 7.14 Å². The molecule has 46 heavy (non-hydrogen) atoms. The van der Waals surface area contributed by atoms with Gasteiger partial charge in [0.25, 0.3) is 0 Å². The third-order valence-electron chi connectivity index (χ3n) is 8.24. The molecule has 7 aromatic rings. The quantitative estimate of drug-likeness (QED) is 0.168. The minimum atomic E-state index is -2.27. The zero-order valence-electron chi connectivity index (χ0n) is 25.8. The number of rotatable bonds is 7. The zero-order valence-corrected chi connectivity index (χ0v) is 26.7.